The summed E-state index contributed by atoms with van der Waals surface area (Å²) in [6.45, 7) is 0.911. The Kier molecular flexibility index (Phi) is 7.91. The van der Waals surface area contributed by atoms with Crippen molar-refractivity contribution < 1.29 is 27.9 Å². The smallest absolute Gasteiger partial charge is 0.302 e. The summed E-state index contributed by atoms with van der Waals surface area (Å²) < 4.78 is 25.8. The van der Waals surface area contributed by atoms with Gasteiger partial charge in [0.15, 0.2) is 5.17 Å². The first kappa shape index (κ1) is 24.6. The maximum Gasteiger partial charge on any atom is 0.302 e. The number of aliphatic imine (C=N–C) groups is 1. The highest BCUT2D eigenvalue weighted by Gasteiger charge is 2.32. The van der Waals surface area contributed by atoms with Crippen molar-refractivity contribution in [1.29, 1.82) is 0 Å². The lowest BCUT2D eigenvalue weighted by Gasteiger charge is -2.17. The van der Waals surface area contributed by atoms with Crippen LogP contribution in [0.1, 0.15) is 5.56 Å². The number of amides is 2. The molecule has 2 heterocycles. The number of rotatable bonds is 8. The van der Waals surface area contributed by atoms with E-state index in [4.69, 9.17) is 20.9 Å². The van der Waals surface area contributed by atoms with Gasteiger partial charge in [-0.15, -0.1) is 0 Å². The Labute approximate surface area is 209 Å². The maximum atomic E-state index is 14.3. The Morgan fingerprint density at radius 1 is 1.29 bits per heavy atom. The van der Waals surface area contributed by atoms with Crippen molar-refractivity contribution >= 4 is 58.0 Å². The first-order valence-corrected chi connectivity index (χ1v) is 11.7. The number of hydrogen-bond donors (Lipinski definition) is 1. The van der Waals surface area contributed by atoms with Crippen LogP contribution >= 0.6 is 23.4 Å². The summed E-state index contributed by atoms with van der Waals surface area (Å²) in [5.74, 6) is -1.32. The first-order chi connectivity index (χ1) is 17.0. The average Bonchev–Trinajstić information content (AvgIpc) is 3.42. The van der Waals surface area contributed by atoms with Gasteiger partial charge in [0.2, 0.25) is 17.7 Å². The van der Waals surface area contributed by atoms with Gasteiger partial charge in [0.1, 0.15) is 18.1 Å². The number of methoxy groups -OCH3 is 1. The fourth-order valence-corrected chi connectivity index (χ4v) is 4.14. The van der Waals surface area contributed by atoms with E-state index < -0.39 is 11.7 Å². The Morgan fingerprint density at radius 3 is 2.83 bits per heavy atom. The fraction of sp³-hybridized carbons (Fsp3) is 0.174. The summed E-state index contributed by atoms with van der Waals surface area (Å²) in [6, 6.07) is 13.1. The molecule has 0 saturated carbocycles. The van der Waals surface area contributed by atoms with Crippen LogP contribution in [0.3, 0.4) is 0 Å². The molecule has 0 fully saturated rings. The number of carbonyl (C=O) groups excluding carboxylic acids is 2. The van der Waals surface area contributed by atoms with Gasteiger partial charge >= 0.3 is 5.88 Å². The standard InChI is InChI=1S/C23H19ClFN5O4S/c1-33-11-10-29-13-21(34-28-29)27-20(31)14-35-23-26-19(12-16-17(24)8-5-9-18(16)25)22(32)30(23)15-6-3-2-4-7-15/h2-9,12-13H,10-11,14H2,1H3/p+1/b19-12-. The number of benzene rings is 2. The molecule has 3 aromatic rings. The molecule has 0 unspecified atom stereocenters. The minimum Gasteiger partial charge on any atom is -0.378 e. The third-order valence-corrected chi connectivity index (χ3v) is 6.02. The maximum absolute atomic E-state index is 14.3. The number of thioether (sulfide) groups is 1. The molecule has 0 atom stereocenters. The van der Waals surface area contributed by atoms with Crippen LogP contribution in [0.15, 0.2) is 69.9 Å². The first-order valence-electron chi connectivity index (χ1n) is 10.4. The average molecular weight is 517 g/mol. The van der Waals surface area contributed by atoms with Crippen LogP contribution in [0.25, 0.3) is 6.08 Å². The number of hydrogen-bond acceptors (Lipinski definition) is 7. The molecular weight excluding hydrogens is 497 g/mol. The minimum absolute atomic E-state index is 0.00168. The third kappa shape index (κ3) is 5.94. The van der Waals surface area contributed by atoms with E-state index in [-0.39, 0.29) is 39.0 Å². The molecule has 2 aromatic carbocycles. The molecule has 1 aliphatic rings. The van der Waals surface area contributed by atoms with Crippen LogP contribution < -0.4 is 14.9 Å². The molecule has 0 aliphatic carbocycles. The van der Waals surface area contributed by atoms with E-state index in [9.17, 15) is 14.0 Å². The van der Waals surface area contributed by atoms with Crippen LogP contribution in [-0.4, -0.2) is 41.7 Å². The van der Waals surface area contributed by atoms with Gasteiger partial charge in [0, 0.05) is 12.7 Å². The lowest BCUT2D eigenvalue weighted by atomic mass is 10.1. The van der Waals surface area contributed by atoms with Crippen molar-refractivity contribution in [2.45, 2.75) is 6.54 Å². The van der Waals surface area contributed by atoms with Gasteiger partial charge in [-0.25, -0.2) is 9.38 Å². The van der Waals surface area contributed by atoms with Crippen LogP contribution in [0.2, 0.25) is 5.02 Å². The molecule has 1 N–H and O–H groups in total. The van der Waals surface area contributed by atoms with Crippen molar-refractivity contribution in [3.8, 4) is 0 Å². The molecule has 4 rings (SSSR count). The van der Waals surface area contributed by atoms with Crippen molar-refractivity contribution in [2.24, 2.45) is 4.99 Å². The highest BCUT2D eigenvalue weighted by molar-refractivity contribution is 8.14. The monoisotopic (exact) mass is 516 g/mol. The predicted octanol–water partition coefficient (Wildman–Crippen LogP) is 3.52. The van der Waals surface area contributed by atoms with Crippen LogP contribution in [-0.2, 0) is 20.9 Å². The molecule has 0 saturated heterocycles. The second-order valence-electron chi connectivity index (χ2n) is 7.19. The molecule has 0 bridgehead atoms. The second-order valence-corrected chi connectivity index (χ2v) is 8.54. The number of nitrogens with zero attached hydrogens (tertiary/aromatic N) is 4. The fourth-order valence-electron chi connectivity index (χ4n) is 3.11. The molecule has 0 radical (unpaired) electrons. The third-order valence-electron chi connectivity index (χ3n) is 4.75. The van der Waals surface area contributed by atoms with Gasteiger partial charge in [0.05, 0.1) is 16.5 Å². The number of anilines is 2. The van der Waals surface area contributed by atoms with Gasteiger partial charge in [-0.3, -0.25) is 24.3 Å². The van der Waals surface area contributed by atoms with Crippen LogP contribution in [0.5, 0.6) is 0 Å². The Hall–Kier alpha value is -3.54. The SMILES string of the molecule is COCC[n+]1cc(NC(=O)CSC2=N/C(=C\c3c(F)cccc3Cl)C(=O)N2c2ccccc2)on1. The number of nitrogens with one attached hydrogen (secondary N) is 1. The van der Waals surface area contributed by atoms with Gasteiger partial charge < -0.3 is 4.74 Å². The van der Waals surface area contributed by atoms with E-state index in [0.29, 0.717) is 18.8 Å². The van der Waals surface area contributed by atoms with Gasteiger partial charge in [-0.1, -0.05) is 47.6 Å². The zero-order valence-corrected chi connectivity index (χ0v) is 20.1. The highest BCUT2D eigenvalue weighted by atomic mass is 35.5. The summed E-state index contributed by atoms with van der Waals surface area (Å²) in [5.41, 5.74) is 0.616. The zero-order valence-electron chi connectivity index (χ0n) is 18.5. The summed E-state index contributed by atoms with van der Waals surface area (Å²) in [6.07, 6.45) is 2.84. The predicted molar refractivity (Wildman–Crippen MR) is 130 cm³/mol. The van der Waals surface area contributed by atoms with E-state index in [2.05, 4.69) is 15.6 Å². The number of halogens is 2. The molecule has 1 aromatic heterocycles. The van der Waals surface area contributed by atoms with E-state index >= 15 is 0 Å². The van der Waals surface area contributed by atoms with E-state index in [1.54, 1.807) is 31.4 Å². The van der Waals surface area contributed by atoms with Crippen molar-refractivity contribution in [3.63, 3.8) is 0 Å². The summed E-state index contributed by atoms with van der Waals surface area (Å²) in [5, 5.41) is 6.81. The molecular formula is C23H20ClFN5O4S+. The van der Waals surface area contributed by atoms with Crippen molar-refractivity contribution in [1.82, 2.24) is 5.27 Å². The summed E-state index contributed by atoms with van der Waals surface area (Å²) >= 11 is 7.16. The van der Waals surface area contributed by atoms with Crippen LogP contribution in [0.4, 0.5) is 16.0 Å². The summed E-state index contributed by atoms with van der Waals surface area (Å²) in [4.78, 5) is 31.4. The van der Waals surface area contributed by atoms with E-state index in [0.717, 1.165) is 11.8 Å². The minimum atomic E-state index is -0.575. The van der Waals surface area contributed by atoms with Crippen molar-refractivity contribution in [3.05, 3.63) is 76.8 Å². The zero-order chi connectivity index (χ0) is 24.8. The number of ether oxygens (including phenoxy) is 1. The molecule has 2 amide bonds. The topological polar surface area (TPSA) is 101 Å². The number of para-hydroxylation sites is 1. The lowest BCUT2D eigenvalue weighted by Crippen LogP contribution is -2.36. The Balaban J connectivity index is 1.52. The van der Waals surface area contributed by atoms with Gasteiger partial charge in [0.25, 0.3) is 12.1 Å². The largest absolute Gasteiger partial charge is 0.378 e. The molecule has 1 aliphatic heterocycles. The molecule has 35 heavy (non-hydrogen) atoms. The Morgan fingerprint density at radius 2 is 2.09 bits per heavy atom. The molecule has 180 valence electrons. The van der Waals surface area contributed by atoms with Gasteiger partial charge in [-0.2, -0.15) is 0 Å². The quantitative estimate of drug-likeness (QED) is 0.363. The van der Waals surface area contributed by atoms with E-state index in [1.165, 1.54) is 40.1 Å². The summed E-state index contributed by atoms with van der Waals surface area (Å²) in [7, 11) is 1.57. The van der Waals surface area contributed by atoms with Crippen LogP contribution in [0, 0.1) is 5.82 Å². The van der Waals surface area contributed by atoms with E-state index in [1.807, 2.05) is 6.07 Å². The highest BCUT2D eigenvalue weighted by Crippen LogP contribution is 2.31. The van der Waals surface area contributed by atoms with Gasteiger partial charge in [-0.05, 0) is 35.0 Å². The number of aromatic nitrogens is 2. The molecule has 12 heteroatoms. The number of amidine groups is 1. The molecule has 0 spiro atoms. The normalized spacial score (nSPS) is 14.5. The second kappa shape index (κ2) is 11.3. The van der Waals surface area contributed by atoms with Crippen molar-refractivity contribution in [2.75, 3.05) is 29.7 Å². The lowest BCUT2D eigenvalue weighted by molar-refractivity contribution is -0.763. The number of carbonyl (C=O) groups is 2. The molecule has 9 nitrogen and oxygen atoms in total. The Bertz CT molecular complexity index is 1280.